The van der Waals surface area contributed by atoms with Gasteiger partial charge in [-0.1, -0.05) is 11.6 Å². The lowest BCUT2D eigenvalue weighted by atomic mass is 10.1. The zero-order chi connectivity index (χ0) is 13.4. The second kappa shape index (κ2) is 4.33. The van der Waals surface area contributed by atoms with Gasteiger partial charge >= 0.3 is 6.18 Å². The number of nitro groups is 1. The number of rotatable bonds is 2. The van der Waals surface area contributed by atoms with E-state index in [-0.39, 0.29) is 5.02 Å². The second-order valence-electron chi connectivity index (χ2n) is 3.16. The predicted molar refractivity (Wildman–Crippen MR) is 53.1 cm³/mol. The minimum atomic E-state index is -4.92. The van der Waals surface area contributed by atoms with Gasteiger partial charge in [0.15, 0.2) is 5.78 Å². The summed E-state index contributed by atoms with van der Waals surface area (Å²) >= 11 is 5.50. The standard InChI is InChI=1S/C9H5ClF3NO3/c1-4(15)5-2-6(9(11,12)13)8(14(16)17)3-7(5)10/h2-3H,1H3. The number of hydrogen-bond donors (Lipinski definition) is 0. The molecule has 1 rings (SSSR count). The first kappa shape index (κ1) is 13.4. The van der Waals surface area contributed by atoms with Crippen LogP contribution in [0.4, 0.5) is 18.9 Å². The molecule has 0 spiro atoms. The molecule has 8 heteroatoms. The van der Waals surface area contributed by atoms with Crippen molar-refractivity contribution in [2.75, 3.05) is 0 Å². The Kier molecular flexibility index (Phi) is 3.42. The molecule has 0 aliphatic carbocycles. The summed E-state index contributed by atoms with van der Waals surface area (Å²) in [6.07, 6.45) is -4.92. The van der Waals surface area contributed by atoms with Gasteiger partial charge in [-0.2, -0.15) is 13.2 Å². The Morgan fingerprint density at radius 2 is 1.94 bits per heavy atom. The van der Waals surface area contributed by atoms with E-state index in [9.17, 15) is 28.1 Å². The first-order valence-electron chi connectivity index (χ1n) is 4.20. The molecule has 0 bridgehead atoms. The first-order valence-corrected chi connectivity index (χ1v) is 4.58. The summed E-state index contributed by atoms with van der Waals surface area (Å²) < 4.78 is 37.6. The first-order chi connectivity index (χ1) is 7.64. The van der Waals surface area contributed by atoms with Crippen molar-refractivity contribution in [3.8, 4) is 0 Å². The molecular weight excluding hydrogens is 263 g/mol. The molecule has 1 aromatic rings. The van der Waals surface area contributed by atoms with E-state index in [1.807, 2.05) is 0 Å². The van der Waals surface area contributed by atoms with Gasteiger partial charge in [-0.15, -0.1) is 0 Å². The van der Waals surface area contributed by atoms with E-state index in [0.29, 0.717) is 12.1 Å². The third kappa shape index (κ3) is 2.73. The van der Waals surface area contributed by atoms with Crippen LogP contribution < -0.4 is 0 Å². The van der Waals surface area contributed by atoms with E-state index in [2.05, 4.69) is 0 Å². The smallest absolute Gasteiger partial charge is 0.294 e. The van der Waals surface area contributed by atoms with Crippen molar-refractivity contribution < 1.29 is 22.9 Å². The molecule has 0 saturated heterocycles. The monoisotopic (exact) mass is 267 g/mol. The van der Waals surface area contributed by atoms with E-state index in [1.54, 1.807) is 0 Å². The van der Waals surface area contributed by atoms with E-state index >= 15 is 0 Å². The normalized spacial score (nSPS) is 11.4. The van der Waals surface area contributed by atoms with Crippen molar-refractivity contribution in [2.24, 2.45) is 0 Å². The Labute approximate surface area is 98.1 Å². The summed E-state index contributed by atoms with van der Waals surface area (Å²) in [6.45, 7) is 1.02. The van der Waals surface area contributed by atoms with E-state index in [0.717, 1.165) is 6.92 Å². The average Bonchev–Trinajstić information content (AvgIpc) is 2.14. The van der Waals surface area contributed by atoms with Crippen LogP contribution in [0.25, 0.3) is 0 Å². The minimum absolute atomic E-state index is 0.378. The Morgan fingerprint density at radius 3 is 2.29 bits per heavy atom. The van der Waals surface area contributed by atoms with Gasteiger partial charge < -0.3 is 0 Å². The quantitative estimate of drug-likeness (QED) is 0.468. The molecule has 0 aliphatic heterocycles. The van der Waals surface area contributed by atoms with Crippen LogP contribution in [0.3, 0.4) is 0 Å². The van der Waals surface area contributed by atoms with Crippen LogP contribution >= 0.6 is 11.6 Å². The van der Waals surface area contributed by atoms with Gasteiger partial charge in [-0.3, -0.25) is 14.9 Å². The number of halogens is 4. The molecule has 0 fully saturated rings. The van der Waals surface area contributed by atoms with Gasteiger partial charge in [0, 0.05) is 11.6 Å². The van der Waals surface area contributed by atoms with Crippen LogP contribution in [0.2, 0.25) is 5.02 Å². The summed E-state index contributed by atoms with van der Waals surface area (Å²) in [6, 6.07) is 0.921. The SMILES string of the molecule is CC(=O)c1cc(C(F)(F)F)c([N+](=O)[O-])cc1Cl. The lowest BCUT2D eigenvalue weighted by Gasteiger charge is -2.09. The summed E-state index contributed by atoms with van der Waals surface area (Å²) in [5.74, 6) is -0.699. The van der Waals surface area contributed by atoms with Crippen LogP contribution in [-0.4, -0.2) is 10.7 Å². The number of carbonyl (C=O) groups is 1. The zero-order valence-corrected chi connectivity index (χ0v) is 9.09. The van der Waals surface area contributed by atoms with Crippen LogP contribution in [0.1, 0.15) is 22.8 Å². The molecule has 4 nitrogen and oxygen atoms in total. The van der Waals surface area contributed by atoms with E-state index in [4.69, 9.17) is 11.6 Å². The van der Waals surface area contributed by atoms with Crippen molar-refractivity contribution in [3.63, 3.8) is 0 Å². The van der Waals surface area contributed by atoms with E-state index < -0.39 is 33.7 Å². The lowest BCUT2D eigenvalue weighted by Crippen LogP contribution is -2.11. The highest BCUT2D eigenvalue weighted by atomic mass is 35.5. The van der Waals surface area contributed by atoms with Gasteiger partial charge in [0.2, 0.25) is 0 Å². The van der Waals surface area contributed by atoms with Gasteiger partial charge in [-0.25, -0.2) is 0 Å². The molecule has 17 heavy (non-hydrogen) atoms. The molecule has 0 heterocycles. The largest absolute Gasteiger partial charge is 0.423 e. The number of hydrogen-bond acceptors (Lipinski definition) is 3. The zero-order valence-electron chi connectivity index (χ0n) is 8.34. The van der Waals surface area contributed by atoms with Crippen molar-refractivity contribution in [1.82, 2.24) is 0 Å². The molecule has 0 saturated carbocycles. The number of ketones is 1. The fraction of sp³-hybridized carbons (Fsp3) is 0.222. The highest BCUT2D eigenvalue weighted by Crippen LogP contribution is 2.38. The fourth-order valence-corrected chi connectivity index (χ4v) is 1.50. The summed E-state index contributed by atoms with van der Waals surface area (Å²) in [4.78, 5) is 20.3. The topological polar surface area (TPSA) is 60.2 Å². The molecular formula is C9H5ClF3NO3. The van der Waals surface area contributed by atoms with Crippen LogP contribution in [0.15, 0.2) is 12.1 Å². The minimum Gasteiger partial charge on any atom is -0.294 e. The van der Waals surface area contributed by atoms with Crippen molar-refractivity contribution in [1.29, 1.82) is 0 Å². The number of benzene rings is 1. The van der Waals surface area contributed by atoms with Crippen LogP contribution in [0, 0.1) is 10.1 Å². The van der Waals surface area contributed by atoms with E-state index in [1.165, 1.54) is 0 Å². The summed E-state index contributed by atoms with van der Waals surface area (Å²) in [7, 11) is 0. The Balaban J connectivity index is 3.60. The average molecular weight is 268 g/mol. The Bertz CT molecular complexity index is 499. The van der Waals surface area contributed by atoms with Crippen molar-refractivity contribution >= 4 is 23.1 Å². The van der Waals surface area contributed by atoms with Gasteiger partial charge in [0.05, 0.1) is 9.95 Å². The molecule has 0 radical (unpaired) electrons. The van der Waals surface area contributed by atoms with Crippen LogP contribution in [-0.2, 0) is 6.18 Å². The predicted octanol–water partition coefficient (Wildman–Crippen LogP) is 3.47. The highest BCUT2D eigenvalue weighted by Gasteiger charge is 2.39. The summed E-state index contributed by atoms with van der Waals surface area (Å²) in [5.41, 5.74) is -3.06. The third-order valence-corrected chi connectivity index (χ3v) is 2.28. The van der Waals surface area contributed by atoms with Crippen molar-refractivity contribution in [2.45, 2.75) is 13.1 Å². The highest BCUT2D eigenvalue weighted by molar-refractivity contribution is 6.34. The molecule has 0 aliphatic rings. The number of Topliss-reactive ketones (excluding diaryl/α,β-unsaturated/α-hetero) is 1. The number of nitrogens with zero attached hydrogens (tertiary/aromatic N) is 1. The lowest BCUT2D eigenvalue weighted by molar-refractivity contribution is -0.388. The molecule has 0 unspecified atom stereocenters. The molecule has 0 N–H and O–H groups in total. The third-order valence-electron chi connectivity index (χ3n) is 1.97. The van der Waals surface area contributed by atoms with Gasteiger partial charge in [0.1, 0.15) is 5.56 Å². The number of nitro benzene ring substituents is 1. The maximum atomic E-state index is 12.5. The fourth-order valence-electron chi connectivity index (χ4n) is 1.21. The molecule has 0 amide bonds. The summed E-state index contributed by atoms with van der Waals surface area (Å²) in [5, 5.41) is 10.1. The molecule has 0 aromatic heterocycles. The Morgan fingerprint density at radius 1 is 1.41 bits per heavy atom. The van der Waals surface area contributed by atoms with Gasteiger partial charge in [-0.05, 0) is 13.0 Å². The second-order valence-corrected chi connectivity index (χ2v) is 3.57. The van der Waals surface area contributed by atoms with Crippen molar-refractivity contribution in [3.05, 3.63) is 38.4 Å². The maximum absolute atomic E-state index is 12.5. The number of alkyl halides is 3. The Hall–Kier alpha value is -1.63. The number of carbonyl (C=O) groups excluding carboxylic acids is 1. The molecule has 0 atom stereocenters. The molecule has 1 aromatic carbocycles. The molecule has 92 valence electrons. The maximum Gasteiger partial charge on any atom is 0.423 e. The van der Waals surface area contributed by atoms with Gasteiger partial charge in [0.25, 0.3) is 5.69 Å². The van der Waals surface area contributed by atoms with Crippen LogP contribution in [0.5, 0.6) is 0 Å².